The third-order valence-electron chi connectivity index (χ3n) is 4.96. The Morgan fingerprint density at radius 3 is 2.67 bits per heavy atom. The molecule has 1 N–H and O–H groups in total. The van der Waals surface area contributed by atoms with Crippen molar-refractivity contribution in [1.29, 1.82) is 0 Å². The minimum Gasteiger partial charge on any atom is -0.481 e. The van der Waals surface area contributed by atoms with Crippen molar-refractivity contribution in [3.05, 3.63) is 29.5 Å². The highest BCUT2D eigenvalue weighted by molar-refractivity contribution is 7.89. The maximum absolute atomic E-state index is 13.0. The highest BCUT2D eigenvalue weighted by Crippen LogP contribution is 2.35. The molecule has 0 aliphatic carbocycles. The molecule has 2 aromatic rings. The summed E-state index contributed by atoms with van der Waals surface area (Å²) in [5.41, 5.74) is -0.219. The number of hydrogen-bond acceptors (Lipinski definition) is 6. The fraction of sp³-hybridized carbons (Fsp3) is 0.444. The van der Waals surface area contributed by atoms with Crippen LogP contribution < -0.4 is 0 Å². The van der Waals surface area contributed by atoms with E-state index in [0.29, 0.717) is 16.5 Å². The van der Waals surface area contributed by atoms with Crippen LogP contribution in [0, 0.1) is 12.3 Å². The number of esters is 1. The first-order valence-corrected chi connectivity index (χ1v) is 9.98. The van der Waals surface area contributed by atoms with Gasteiger partial charge in [-0.25, -0.2) is 13.2 Å². The molecule has 1 aliphatic heterocycles. The van der Waals surface area contributed by atoms with Gasteiger partial charge in [0, 0.05) is 24.0 Å². The molecule has 0 radical (unpaired) electrons. The average Bonchev–Trinajstić information content (AvgIpc) is 3.17. The Bertz CT molecular complexity index is 1020. The summed E-state index contributed by atoms with van der Waals surface area (Å²) in [7, 11) is -3.86. The maximum Gasteiger partial charge on any atom is 0.374 e. The van der Waals surface area contributed by atoms with Crippen LogP contribution in [0.15, 0.2) is 27.5 Å². The molecule has 1 fully saturated rings. The first kappa shape index (κ1) is 19.4. The molecule has 0 bridgehead atoms. The molecule has 3 rings (SSSR count). The smallest absolute Gasteiger partial charge is 0.374 e. The molecule has 1 aromatic heterocycles. The standard InChI is InChI=1S/C18H21NO7S/c1-4-25-16(20)15-11(2)13-9-12(5-6-14(13)26-15)27(23,24)19-8-7-18(3,10-19)17(21)22/h5-6,9H,4,7-8,10H2,1-3H3,(H,21,22). The van der Waals surface area contributed by atoms with Crippen LogP contribution in [0.5, 0.6) is 0 Å². The number of aliphatic carboxylic acids is 1. The van der Waals surface area contributed by atoms with E-state index < -0.39 is 27.4 Å². The lowest BCUT2D eigenvalue weighted by molar-refractivity contribution is -0.146. The van der Waals surface area contributed by atoms with Gasteiger partial charge in [0.05, 0.1) is 16.9 Å². The van der Waals surface area contributed by atoms with Crippen molar-refractivity contribution in [1.82, 2.24) is 4.31 Å². The Hall–Kier alpha value is -2.39. The van der Waals surface area contributed by atoms with Gasteiger partial charge in [-0.1, -0.05) is 0 Å². The first-order valence-electron chi connectivity index (χ1n) is 8.54. The van der Waals surface area contributed by atoms with E-state index in [0.717, 1.165) is 0 Å². The fourth-order valence-electron chi connectivity index (χ4n) is 3.20. The number of furan rings is 1. The van der Waals surface area contributed by atoms with E-state index in [-0.39, 0.29) is 36.8 Å². The quantitative estimate of drug-likeness (QED) is 0.773. The number of fused-ring (bicyclic) bond motifs is 1. The minimum atomic E-state index is -3.86. The van der Waals surface area contributed by atoms with Crippen LogP contribution in [0.4, 0.5) is 0 Å². The minimum absolute atomic E-state index is 0.0314. The summed E-state index contributed by atoms with van der Waals surface area (Å²) >= 11 is 0. The largest absolute Gasteiger partial charge is 0.481 e. The molecule has 8 nitrogen and oxygen atoms in total. The van der Waals surface area contributed by atoms with E-state index in [4.69, 9.17) is 9.15 Å². The topological polar surface area (TPSA) is 114 Å². The van der Waals surface area contributed by atoms with Crippen molar-refractivity contribution in [3.63, 3.8) is 0 Å². The van der Waals surface area contributed by atoms with E-state index in [1.807, 2.05) is 0 Å². The summed E-state index contributed by atoms with van der Waals surface area (Å²) in [4.78, 5) is 23.4. The van der Waals surface area contributed by atoms with Gasteiger partial charge in [-0.3, -0.25) is 4.79 Å². The number of nitrogens with zero attached hydrogens (tertiary/aromatic N) is 1. The van der Waals surface area contributed by atoms with Crippen molar-refractivity contribution in [3.8, 4) is 0 Å². The number of carboxylic acids is 1. The third-order valence-corrected chi connectivity index (χ3v) is 6.80. The van der Waals surface area contributed by atoms with Crippen molar-refractivity contribution in [2.24, 2.45) is 5.41 Å². The molecule has 146 valence electrons. The van der Waals surface area contributed by atoms with E-state index in [1.165, 1.54) is 22.5 Å². The molecule has 0 spiro atoms. The van der Waals surface area contributed by atoms with Gasteiger partial charge in [-0.15, -0.1) is 0 Å². The molecule has 2 heterocycles. The zero-order valence-electron chi connectivity index (χ0n) is 15.3. The molecule has 1 saturated heterocycles. The predicted molar refractivity (Wildman–Crippen MR) is 96.0 cm³/mol. The zero-order valence-corrected chi connectivity index (χ0v) is 16.1. The van der Waals surface area contributed by atoms with Crippen molar-refractivity contribution in [2.75, 3.05) is 19.7 Å². The summed E-state index contributed by atoms with van der Waals surface area (Å²) < 4.78 is 37.5. The lowest BCUT2D eigenvalue weighted by atomic mass is 9.90. The van der Waals surface area contributed by atoms with Crippen molar-refractivity contribution in [2.45, 2.75) is 32.1 Å². The SMILES string of the molecule is CCOC(=O)c1oc2ccc(S(=O)(=O)N3CCC(C)(C(=O)O)C3)cc2c1C. The summed E-state index contributed by atoms with van der Waals surface area (Å²) in [6.45, 7) is 5.14. The summed E-state index contributed by atoms with van der Waals surface area (Å²) in [6.07, 6.45) is 0.252. The van der Waals surface area contributed by atoms with Crippen LogP contribution in [0.2, 0.25) is 0 Å². The van der Waals surface area contributed by atoms with Gasteiger partial charge in [-0.05, 0) is 45.4 Å². The summed E-state index contributed by atoms with van der Waals surface area (Å²) in [5.74, 6) is -1.58. The van der Waals surface area contributed by atoms with Crippen molar-refractivity contribution < 1.29 is 32.3 Å². The molecule has 0 amide bonds. The third kappa shape index (κ3) is 3.21. The lowest BCUT2D eigenvalue weighted by Crippen LogP contribution is -2.34. The molecule has 1 unspecified atom stereocenters. The Labute approximate surface area is 156 Å². The molecular weight excluding hydrogens is 374 g/mol. The number of rotatable bonds is 5. The Morgan fingerprint density at radius 2 is 2.07 bits per heavy atom. The van der Waals surface area contributed by atoms with Gasteiger partial charge >= 0.3 is 11.9 Å². The Morgan fingerprint density at radius 1 is 1.37 bits per heavy atom. The number of benzene rings is 1. The van der Waals surface area contributed by atoms with E-state index in [1.54, 1.807) is 20.8 Å². The average molecular weight is 395 g/mol. The fourth-order valence-corrected chi connectivity index (χ4v) is 4.79. The van der Waals surface area contributed by atoms with Gasteiger partial charge in [0.15, 0.2) is 0 Å². The second-order valence-electron chi connectivity index (χ2n) is 6.89. The van der Waals surface area contributed by atoms with Crippen LogP contribution in [-0.2, 0) is 19.6 Å². The van der Waals surface area contributed by atoms with Gasteiger partial charge in [0.2, 0.25) is 15.8 Å². The van der Waals surface area contributed by atoms with Crippen LogP contribution >= 0.6 is 0 Å². The van der Waals surface area contributed by atoms with Gasteiger partial charge in [0.1, 0.15) is 5.58 Å². The Balaban J connectivity index is 1.98. The second-order valence-corrected chi connectivity index (χ2v) is 8.83. The van der Waals surface area contributed by atoms with Crippen LogP contribution in [0.25, 0.3) is 11.0 Å². The molecule has 1 aromatic carbocycles. The number of carbonyl (C=O) groups is 2. The Kier molecular flexibility index (Phi) is 4.77. The van der Waals surface area contributed by atoms with Crippen molar-refractivity contribution >= 4 is 32.9 Å². The maximum atomic E-state index is 13.0. The number of aryl methyl sites for hydroxylation is 1. The summed E-state index contributed by atoms with van der Waals surface area (Å²) in [6, 6.07) is 4.33. The number of ether oxygens (including phenoxy) is 1. The lowest BCUT2D eigenvalue weighted by Gasteiger charge is -2.20. The normalized spacial score (nSPS) is 20.9. The molecule has 27 heavy (non-hydrogen) atoms. The number of carboxylic acid groups (broad SMARTS) is 1. The van der Waals surface area contributed by atoms with Crippen LogP contribution in [0.1, 0.15) is 36.4 Å². The van der Waals surface area contributed by atoms with E-state index >= 15 is 0 Å². The van der Waals surface area contributed by atoms with Crippen LogP contribution in [0.3, 0.4) is 0 Å². The van der Waals surface area contributed by atoms with Gasteiger partial charge < -0.3 is 14.3 Å². The first-order chi connectivity index (χ1) is 12.6. The molecule has 9 heteroatoms. The molecule has 1 atom stereocenters. The van der Waals surface area contributed by atoms with Crippen LogP contribution in [-0.4, -0.2) is 49.5 Å². The predicted octanol–water partition coefficient (Wildman–Crippen LogP) is 2.40. The van der Waals surface area contributed by atoms with E-state index in [2.05, 4.69) is 0 Å². The highest BCUT2D eigenvalue weighted by atomic mass is 32.2. The second kappa shape index (κ2) is 6.65. The molecule has 1 aliphatic rings. The molecule has 0 saturated carbocycles. The zero-order chi connectivity index (χ0) is 20.0. The number of hydrogen-bond donors (Lipinski definition) is 1. The highest BCUT2D eigenvalue weighted by Gasteiger charge is 2.45. The van der Waals surface area contributed by atoms with E-state index in [9.17, 15) is 23.1 Å². The monoisotopic (exact) mass is 395 g/mol. The van der Waals surface area contributed by atoms with Gasteiger partial charge in [-0.2, -0.15) is 4.31 Å². The van der Waals surface area contributed by atoms with Gasteiger partial charge in [0.25, 0.3) is 0 Å². The number of sulfonamides is 1. The number of carbonyl (C=O) groups excluding carboxylic acids is 1. The summed E-state index contributed by atoms with van der Waals surface area (Å²) in [5, 5.41) is 9.82. The molecular formula is C18H21NO7S.